The van der Waals surface area contributed by atoms with Gasteiger partial charge in [-0.1, -0.05) is 37.6 Å². The molecule has 2 N–H and O–H groups in total. The topological polar surface area (TPSA) is 66.4 Å². The van der Waals surface area contributed by atoms with Crippen LogP contribution < -0.4 is 5.32 Å². The van der Waals surface area contributed by atoms with E-state index in [9.17, 15) is 9.59 Å². The summed E-state index contributed by atoms with van der Waals surface area (Å²) in [4.78, 5) is 23.3. The summed E-state index contributed by atoms with van der Waals surface area (Å²) in [6, 6.07) is 7.79. The van der Waals surface area contributed by atoms with E-state index < -0.39 is 5.97 Å². The average Bonchev–Trinajstić information content (AvgIpc) is 2.52. The maximum absolute atomic E-state index is 12.3. The lowest BCUT2D eigenvalue weighted by atomic mass is 9.81. The van der Waals surface area contributed by atoms with Crippen LogP contribution in [-0.2, 0) is 16.0 Å². The van der Waals surface area contributed by atoms with Crippen LogP contribution in [0.1, 0.15) is 45.1 Å². The summed E-state index contributed by atoms with van der Waals surface area (Å²) >= 11 is 6.03. The number of carboxylic acid groups (broad SMARTS) is 1. The van der Waals surface area contributed by atoms with Crippen molar-refractivity contribution in [3.05, 3.63) is 34.9 Å². The number of aliphatic carboxylic acids is 1. The largest absolute Gasteiger partial charge is 0.481 e. The Morgan fingerprint density at radius 3 is 2.42 bits per heavy atom. The molecule has 132 valence electrons. The van der Waals surface area contributed by atoms with Gasteiger partial charge in [0.2, 0.25) is 5.91 Å². The van der Waals surface area contributed by atoms with Crippen LogP contribution in [-0.4, -0.2) is 23.5 Å². The van der Waals surface area contributed by atoms with Crippen LogP contribution in [0.5, 0.6) is 0 Å². The third-order valence-corrected chi connectivity index (χ3v) is 5.00. The van der Waals surface area contributed by atoms with Gasteiger partial charge in [-0.2, -0.15) is 0 Å². The molecule has 0 heterocycles. The van der Waals surface area contributed by atoms with Crippen molar-refractivity contribution in [3.8, 4) is 0 Å². The first-order valence-corrected chi connectivity index (χ1v) is 8.89. The molecule has 1 aromatic rings. The molecule has 0 unspecified atom stereocenters. The Balaban J connectivity index is 1.81. The van der Waals surface area contributed by atoms with E-state index in [-0.39, 0.29) is 23.2 Å². The van der Waals surface area contributed by atoms with Gasteiger partial charge in [0, 0.05) is 17.5 Å². The Hall–Kier alpha value is -1.55. The first-order valence-electron chi connectivity index (χ1n) is 8.52. The van der Waals surface area contributed by atoms with Gasteiger partial charge in [-0.3, -0.25) is 9.59 Å². The SMILES string of the molecule is CC(C)(CNC(=O)C1CCC(C(=O)O)CC1)Cc1cccc(Cl)c1. The molecule has 0 spiro atoms. The molecule has 4 nitrogen and oxygen atoms in total. The number of carboxylic acids is 1. The molecule has 1 aliphatic rings. The molecule has 0 aliphatic heterocycles. The molecule has 1 saturated carbocycles. The van der Waals surface area contributed by atoms with Gasteiger partial charge in [-0.05, 0) is 55.2 Å². The normalized spacial score (nSPS) is 21.3. The lowest BCUT2D eigenvalue weighted by Gasteiger charge is -2.29. The predicted molar refractivity (Wildman–Crippen MR) is 95.0 cm³/mol. The maximum atomic E-state index is 12.3. The Bertz CT molecular complexity index is 592. The van der Waals surface area contributed by atoms with Gasteiger partial charge < -0.3 is 10.4 Å². The van der Waals surface area contributed by atoms with Gasteiger partial charge in [0.25, 0.3) is 0 Å². The highest BCUT2D eigenvalue weighted by atomic mass is 35.5. The Morgan fingerprint density at radius 2 is 1.83 bits per heavy atom. The minimum absolute atomic E-state index is 0.0532. The first kappa shape index (κ1) is 18.8. The second kappa shape index (κ2) is 8.02. The second-order valence-electron chi connectivity index (χ2n) is 7.58. The number of hydrogen-bond acceptors (Lipinski definition) is 2. The Labute approximate surface area is 148 Å². The van der Waals surface area contributed by atoms with Crippen molar-refractivity contribution in [3.63, 3.8) is 0 Å². The lowest BCUT2D eigenvalue weighted by Crippen LogP contribution is -2.40. The summed E-state index contributed by atoms with van der Waals surface area (Å²) in [5, 5.41) is 12.8. The summed E-state index contributed by atoms with van der Waals surface area (Å²) in [5.74, 6) is -1.02. The zero-order chi connectivity index (χ0) is 17.7. The maximum Gasteiger partial charge on any atom is 0.306 e. The summed E-state index contributed by atoms with van der Waals surface area (Å²) in [7, 11) is 0. The van der Waals surface area contributed by atoms with Crippen LogP contribution in [0.3, 0.4) is 0 Å². The Kier molecular flexibility index (Phi) is 6.27. The fourth-order valence-corrected chi connectivity index (χ4v) is 3.55. The van der Waals surface area contributed by atoms with Crippen molar-refractivity contribution in [2.24, 2.45) is 17.3 Å². The van der Waals surface area contributed by atoms with Gasteiger partial charge in [-0.15, -0.1) is 0 Å². The van der Waals surface area contributed by atoms with Crippen molar-refractivity contribution in [1.82, 2.24) is 5.32 Å². The molecule has 0 atom stereocenters. The number of halogens is 1. The molecule has 1 amide bonds. The molecule has 5 heteroatoms. The molecular weight excluding hydrogens is 326 g/mol. The van der Waals surface area contributed by atoms with Crippen LogP contribution in [0.15, 0.2) is 24.3 Å². The van der Waals surface area contributed by atoms with E-state index in [2.05, 4.69) is 19.2 Å². The molecule has 0 aromatic heterocycles. The fourth-order valence-electron chi connectivity index (χ4n) is 3.34. The predicted octanol–water partition coefficient (Wildman–Crippen LogP) is 3.92. The number of hydrogen-bond donors (Lipinski definition) is 2. The molecule has 0 saturated heterocycles. The van der Waals surface area contributed by atoms with Crippen LogP contribution in [0.2, 0.25) is 5.02 Å². The van der Waals surface area contributed by atoms with E-state index in [4.69, 9.17) is 16.7 Å². The summed E-state index contributed by atoms with van der Waals surface area (Å²) in [5.41, 5.74) is 1.09. The number of carbonyl (C=O) groups is 2. The number of benzene rings is 1. The minimum Gasteiger partial charge on any atom is -0.481 e. The van der Waals surface area contributed by atoms with Gasteiger partial charge >= 0.3 is 5.97 Å². The van der Waals surface area contributed by atoms with Crippen molar-refractivity contribution in [2.45, 2.75) is 46.0 Å². The quantitative estimate of drug-likeness (QED) is 0.816. The number of carbonyl (C=O) groups excluding carboxylic acids is 1. The van der Waals surface area contributed by atoms with Crippen LogP contribution >= 0.6 is 11.6 Å². The molecular formula is C19H26ClNO3. The monoisotopic (exact) mass is 351 g/mol. The highest BCUT2D eigenvalue weighted by Gasteiger charge is 2.30. The van der Waals surface area contributed by atoms with Crippen molar-refractivity contribution in [1.29, 1.82) is 0 Å². The van der Waals surface area contributed by atoms with E-state index in [0.29, 0.717) is 32.2 Å². The minimum atomic E-state index is -0.739. The third-order valence-electron chi connectivity index (χ3n) is 4.76. The zero-order valence-electron chi connectivity index (χ0n) is 14.3. The van der Waals surface area contributed by atoms with Crippen molar-refractivity contribution < 1.29 is 14.7 Å². The van der Waals surface area contributed by atoms with Crippen LogP contribution in [0.4, 0.5) is 0 Å². The van der Waals surface area contributed by atoms with E-state index in [0.717, 1.165) is 17.0 Å². The number of rotatable bonds is 6. The molecule has 1 aromatic carbocycles. The van der Waals surface area contributed by atoms with Gasteiger partial charge in [-0.25, -0.2) is 0 Å². The molecule has 0 bridgehead atoms. The molecule has 2 rings (SSSR count). The lowest BCUT2D eigenvalue weighted by molar-refractivity contribution is -0.144. The smallest absolute Gasteiger partial charge is 0.306 e. The fraction of sp³-hybridized carbons (Fsp3) is 0.579. The molecule has 0 radical (unpaired) electrons. The van der Waals surface area contributed by atoms with Gasteiger partial charge in [0.15, 0.2) is 0 Å². The summed E-state index contributed by atoms with van der Waals surface area (Å²) in [6.07, 6.45) is 3.35. The van der Waals surface area contributed by atoms with E-state index in [1.807, 2.05) is 24.3 Å². The van der Waals surface area contributed by atoms with Gasteiger partial charge in [0.1, 0.15) is 0 Å². The average molecular weight is 352 g/mol. The van der Waals surface area contributed by atoms with E-state index in [1.54, 1.807) is 0 Å². The third kappa shape index (κ3) is 5.52. The van der Waals surface area contributed by atoms with Crippen LogP contribution in [0, 0.1) is 17.3 Å². The number of nitrogens with one attached hydrogen (secondary N) is 1. The van der Waals surface area contributed by atoms with Crippen LogP contribution in [0.25, 0.3) is 0 Å². The van der Waals surface area contributed by atoms with Crippen molar-refractivity contribution >= 4 is 23.5 Å². The highest BCUT2D eigenvalue weighted by Crippen LogP contribution is 2.29. The summed E-state index contributed by atoms with van der Waals surface area (Å²) < 4.78 is 0. The standard InChI is InChI=1S/C19H26ClNO3/c1-19(2,11-13-4-3-5-16(20)10-13)12-21-17(22)14-6-8-15(9-7-14)18(23)24/h3-5,10,14-15H,6-9,11-12H2,1-2H3,(H,21,22)(H,23,24). The van der Waals surface area contributed by atoms with Crippen molar-refractivity contribution in [2.75, 3.05) is 6.54 Å². The van der Waals surface area contributed by atoms with E-state index >= 15 is 0 Å². The molecule has 24 heavy (non-hydrogen) atoms. The molecule has 1 fully saturated rings. The first-order chi connectivity index (χ1) is 11.3. The second-order valence-corrected chi connectivity index (χ2v) is 8.01. The zero-order valence-corrected chi connectivity index (χ0v) is 15.1. The number of amides is 1. The summed E-state index contributed by atoms with van der Waals surface area (Å²) in [6.45, 7) is 4.84. The van der Waals surface area contributed by atoms with Gasteiger partial charge in [0.05, 0.1) is 5.92 Å². The molecule has 1 aliphatic carbocycles. The highest BCUT2D eigenvalue weighted by molar-refractivity contribution is 6.30. The Morgan fingerprint density at radius 1 is 1.21 bits per heavy atom. The van der Waals surface area contributed by atoms with E-state index in [1.165, 1.54) is 0 Å².